The van der Waals surface area contributed by atoms with Crippen molar-refractivity contribution in [3.05, 3.63) is 85.1 Å². The molecule has 0 saturated heterocycles. The normalized spacial score (nSPS) is 12.9. The molecule has 0 aliphatic carbocycles. The van der Waals surface area contributed by atoms with Crippen LogP contribution in [0.3, 0.4) is 0 Å². The summed E-state index contributed by atoms with van der Waals surface area (Å²) in [6.45, 7) is 6.31. The number of carbonyl (C=O) groups is 3. The summed E-state index contributed by atoms with van der Waals surface area (Å²) in [6.07, 6.45) is 54.5. The molecular formula is C49H80O6. The van der Waals surface area contributed by atoms with Gasteiger partial charge in [-0.1, -0.05) is 183 Å². The molecular weight excluding hydrogens is 685 g/mol. The van der Waals surface area contributed by atoms with Crippen LogP contribution in [0.1, 0.15) is 188 Å². The van der Waals surface area contributed by atoms with E-state index in [-0.39, 0.29) is 31.6 Å². The van der Waals surface area contributed by atoms with Gasteiger partial charge in [-0.15, -0.1) is 0 Å². The van der Waals surface area contributed by atoms with E-state index in [1.165, 1.54) is 44.9 Å². The Morgan fingerprint density at radius 3 is 1.35 bits per heavy atom. The smallest absolute Gasteiger partial charge is 0.309 e. The number of allylic oxidation sites excluding steroid dienone is 13. The lowest BCUT2D eigenvalue weighted by atomic mass is 10.1. The molecule has 1 unspecified atom stereocenters. The maximum atomic E-state index is 12.7. The number of rotatable bonds is 38. The zero-order chi connectivity index (χ0) is 40.1. The minimum Gasteiger partial charge on any atom is -0.462 e. The average molecular weight is 765 g/mol. The molecule has 0 saturated carbocycles. The Morgan fingerprint density at radius 2 is 0.818 bits per heavy atom. The van der Waals surface area contributed by atoms with Crippen LogP contribution in [-0.2, 0) is 28.6 Å². The van der Waals surface area contributed by atoms with E-state index in [9.17, 15) is 14.4 Å². The van der Waals surface area contributed by atoms with Crippen LogP contribution >= 0.6 is 0 Å². The van der Waals surface area contributed by atoms with Crippen molar-refractivity contribution in [3.8, 4) is 0 Å². The molecule has 0 rings (SSSR count). The first kappa shape index (κ1) is 51.6. The Hall–Kier alpha value is -3.41. The van der Waals surface area contributed by atoms with E-state index in [2.05, 4.69) is 93.7 Å². The highest BCUT2D eigenvalue weighted by atomic mass is 16.6. The fourth-order valence-electron chi connectivity index (χ4n) is 5.61. The van der Waals surface area contributed by atoms with Crippen LogP contribution in [0.5, 0.6) is 0 Å². The number of ether oxygens (including phenoxy) is 3. The lowest BCUT2D eigenvalue weighted by molar-refractivity contribution is -0.166. The fraction of sp³-hybridized carbons (Fsp3) is 0.653. The van der Waals surface area contributed by atoms with Gasteiger partial charge in [-0.2, -0.15) is 0 Å². The molecule has 55 heavy (non-hydrogen) atoms. The lowest BCUT2D eigenvalue weighted by Gasteiger charge is -2.18. The maximum absolute atomic E-state index is 12.7. The second kappa shape index (κ2) is 43.3. The number of hydrogen-bond acceptors (Lipinski definition) is 6. The summed E-state index contributed by atoms with van der Waals surface area (Å²) in [6, 6.07) is 0. The van der Waals surface area contributed by atoms with Crippen molar-refractivity contribution in [1.82, 2.24) is 0 Å². The van der Waals surface area contributed by atoms with Crippen LogP contribution in [0, 0.1) is 0 Å². The van der Waals surface area contributed by atoms with Gasteiger partial charge in [0.05, 0.1) is 6.42 Å². The summed E-state index contributed by atoms with van der Waals surface area (Å²) >= 11 is 0. The molecule has 0 heterocycles. The molecule has 6 nitrogen and oxygen atoms in total. The molecule has 6 heteroatoms. The summed E-state index contributed by atoms with van der Waals surface area (Å²) in [5, 5.41) is 0. The quantitative estimate of drug-likeness (QED) is 0.0270. The highest BCUT2D eigenvalue weighted by Gasteiger charge is 2.19. The predicted octanol–water partition coefficient (Wildman–Crippen LogP) is 14.1. The van der Waals surface area contributed by atoms with Gasteiger partial charge in [-0.25, -0.2) is 0 Å². The minimum atomic E-state index is -0.819. The Labute approximate surface area is 337 Å². The summed E-state index contributed by atoms with van der Waals surface area (Å²) in [7, 11) is 0. The van der Waals surface area contributed by atoms with Crippen molar-refractivity contribution in [2.45, 2.75) is 194 Å². The highest BCUT2D eigenvalue weighted by Crippen LogP contribution is 2.12. The van der Waals surface area contributed by atoms with Crippen LogP contribution < -0.4 is 0 Å². The first-order valence-corrected chi connectivity index (χ1v) is 22.1. The molecule has 0 aromatic rings. The number of hydrogen-bond donors (Lipinski definition) is 0. The molecule has 1 atom stereocenters. The van der Waals surface area contributed by atoms with Gasteiger partial charge in [0.15, 0.2) is 6.10 Å². The molecule has 0 N–H and O–H groups in total. The molecule has 0 radical (unpaired) electrons. The first-order valence-electron chi connectivity index (χ1n) is 22.1. The predicted molar refractivity (Wildman–Crippen MR) is 233 cm³/mol. The zero-order valence-electron chi connectivity index (χ0n) is 35.4. The highest BCUT2D eigenvalue weighted by molar-refractivity contribution is 5.72. The largest absolute Gasteiger partial charge is 0.462 e. The van der Waals surface area contributed by atoms with Gasteiger partial charge < -0.3 is 14.2 Å². The third kappa shape index (κ3) is 41.6. The lowest BCUT2D eigenvalue weighted by Crippen LogP contribution is -2.30. The fourth-order valence-corrected chi connectivity index (χ4v) is 5.61. The van der Waals surface area contributed by atoms with Crippen molar-refractivity contribution in [2.24, 2.45) is 0 Å². The summed E-state index contributed by atoms with van der Waals surface area (Å²) < 4.78 is 16.5. The SMILES string of the molecule is CC/C=C\C/C=C\C/C=C\C/C=C\C/C=C\CC(=O)OCC(COC(=O)CCCCCCCCCCC)OC(=O)CCCCCCC/C=C\C/C=C\CCC. The number of unbranched alkanes of at least 4 members (excludes halogenated alkanes) is 14. The number of esters is 3. The third-order valence-electron chi connectivity index (χ3n) is 8.90. The third-order valence-corrected chi connectivity index (χ3v) is 8.90. The molecule has 0 fully saturated rings. The zero-order valence-corrected chi connectivity index (χ0v) is 35.4. The van der Waals surface area contributed by atoms with Gasteiger partial charge >= 0.3 is 17.9 Å². The van der Waals surface area contributed by atoms with E-state index in [1.807, 2.05) is 6.08 Å². The maximum Gasteiger partial charge on any atom is 0.309 e. The Morgan fingerprint density at radius 1 is 0.400 bits per heavy atom. The first-order chi connectivity index (χ1) is 27.0. The van der Waals surface area contributed by atoms with E-state index in [1.54, 1.807) is 6.08 Å². The average Bonchev–Trinajstić information content (AvgIpc) is 3.18. The summed E-state index contributed by atoms with van der Waals surface area (Å²) in [4.78, 5) is 37.6. The van der Waals surface area contributed by atoms with Crippen molar-refractivity contribution in [3.63, 3.8) is 0 Å². The molecule has 0 amide bonds. The Bertz CT molecular complexity index is 1110. The molecule has 312 valence electrons. The van der Waals surface area contributed by atoms with Gasteiger partial charge in [-0.3, -0.25) is 14.4 Å². The molecule has 0 aliphatic heterocycles. The van der Waals surface area contributed by atoms with E-state index in [0.717, 1.165) is 103 Å². The van der Waals surface area contributed by atoms with E-state index in [0.29, 0.717) is 12.8 Å². The Kier molecular flexibility index (Phi) is 40.6. The van der Waals surface area contributed by atoms with Crippen molar-refractivity contribution >= 4 is 17.9 Å². The molecule has 0 aromatic heterocycles. The van der Waals surface area contributed by atoms with Crippen LogP contribution in [0.15, 0.2) is 85.1 Å². The van der Waals surface area contributed by atoms with Gasteiger partial charge in [-0.05, 0) is 70.6 Å². The molecule has 0 spiro atoms. The molecule has 0 bridgehead atoms. The minimum absolute atomic E-state index is 0.112. The van der Waals surface area contributed by atoms with Gasteiger partial charge in [0.25, 0.3) is 0 Å². The second-order valence-electron chi connectivity index (χ2n) is 14.2. The summed E-state index contributed by atoms with van der Waals surface area (Å²) in [5.74, 6) is -1.07. The van der Waals surface area contributed by atoms with Crippen molar-refractivity contribution in [1.29, 1.82) is 0 Å². The topological polar surface area (TPSA) is 78.9 Å². The van der Waals surface area contributed by atoms with Crippen LogP contribution in [0.25, 0.3) is 0 Å². The van der Waals surface area contributed by atoms with Gasteiger partial charge in [0.2, 0.25) is 0 Å². The van der Waals surface area contributed by atoms with Crippen LogP contribution in [-0.4, -0.2) is 37.2 Å². The van der Waals surface area contributed by atoms with Crippen LogP contribution in [0.4, 0.5) is 0 Å². The second-order valence-corrected chi connectivity index (χ2v) is 14.2. The molecule has 0 aliphatic rings. The van der Waals surface area contributed by atoms with E-state index in [4.69, 9.17) is 14.2 Å². The van der Waals surface area contributed by atoms with E-state index >= 15 is 0 Å². The van der Waals surface area contributed by atoms with Gasteiger partial charge in [0.1, 0.15) is 13.2 Å². The monoisotopic (exact) mass is 765 g/mol. The molecule has 0 aromatic carbocycles. The standard InChI is InChI=1S/C49H80O6/c1-4-7-10-13-16-19-21-23-24-26-27-30-33-36-39-42-48(51)54-45-46(44-53-47(50)41-38-35-32-29-18-15-12-9-6-3)55-49(52)43-40-37-34-31-28-25-22-20-17-14-11-8-5-2/h7,10-11,14,16,19-20,22-24,27,30,36,39,46H,4-6,8-9,12-13,15,17-18,21,25-26,28-29,31-35,37-38,40-45H2,1-3H3/b10-7-,14-11-,19-16-,22-20-,24-23-,30-27-,39-36-. The van der Waals surface area contributed by atoms with Gasteiger partial charge in [0, 0.05) is 12.8 Å². The van der Waals surface area contributed by atoms with Crippen molar-refractivity contribution in [2.75, 3.05) is 13.2 Å². The number of carbonyl (C=O) groups excluding carboxylic acids is 3. The van der Waals surface area contributed by atoms with Crippen LogP contribution in [0.2, 0.25) is 0 Å². The van der Waals surface area contributed by atoms with E-state index < -0.39 is 12.1 Å². The van der Waals surface area contributed by atoms with Crippen molar-refractivity contribution < 1.29 is 28.6 Å². The summed E-state index contributed by atoms with van der Waals surface area (Å²) in [5.41, 5.74) is 0. The Balaban J connectivity index is 4.54.